The third-order valence-corrected chi connectivity index (χ3v) is 2.87. The van der Waals surface area contributed by atoms with E-state index >= 15 is 0 Å². The van der Waals surface area contributed by atoms with Crippen LogP contribution in [0.2, 0.25) is 0 Å². The minimum Gasteiger partial charge on any atom is -0.480 e. The number of unbranched alkanes of at least 4 members (excludes halogenated alkanes) is 1. The van der Waals surface area contributed by atoms with Gasteiger partial charge >= 0.3 is 11.7 Å². The summed E-state index contributed by atoms with van der Waals surface area (Å²) in [6.45, 7) is 1.90. The monoisotopic (exact) mass is 283 g/mol. The molecule has 1 aromatic heterocycles. The SMILES string of the molecule is CCCC[C@H](NC(=O)c1c[nH]c(=O)n(C)c1=O)C(=O)O. The van der Waals surface area contributed by atoms with Crippen molar-refractivity contribution < 1.29 is 14.7 Å². The van der Waals surface area contributed by atoms with E-state index in [-0.39, 0.29) is 12.0 Å². The van der Waals surface area contributed by atoms with E-state index in [9.17, 15) is 19.2 Å². The quantitative estimate of drug-likeness (QED) is 0.646. The number of H-pyrrole nitrogens is 1. The number of aromatic amines is 1. The number of amides is 1. The summed E-state index contributed by atoms with van der Waals surface area (Å²) in [5.74, 6) is -1.97. The van der Waals surface area contributed by atoms with E-state index < -0.39 is 29.2 Å². The lowest BCUT2D eigenvalue weighted by atomic mass is 10.1. The molecule has 1 atom stereocenters. The number of aliphatic carboxylic acids is 1. The summed E-state index contributed by atoms with van der Waals surface area (Å²) in [7, 11) is 1.23. The molecule has 110 valence electrons. The molecule has 8 nitrogen and oxygen atoms in total. The first-order valence-corrected chi connectivity index (χ1v) is 6.20. The van der Waals surface area contributed by atoms with Crippen LogP contribution in [0.4, 0.5) is 0 Å². The number of hydrogen-bond acceptors (Lipinski definition) is 4. The van der Waals surface area contributed by atoms with Crippen LogP contribution in [-0.2, 0) is 11.8 Å². The molecule has 1 aromatic rings. The summed E-state index contributed by atoms with van der Waals surface area (Å²) in [6.07, 6.45) is 2.70. The zero-order valence-electron chi connectivity index (χ0n) is 11.3. The van der Waals surface area contributed by atoms with Gasteiger partial charge in [0.25, 0.3) is 11.5 Å². The van der Waals surface area contributed by atoms with Crippen molar-refractivity contribution in [1.29, 1.82) is 0 Å². The first kappa shape index (κ1) is 15.7. The Bertz CT molecular complexity index is 616. The minimum atomic E-state index is -1.16. The Kier molecular flexibility index (Phi) is 5.24. The number of carboxylic acids is 1. The molecule has 0 aliphatic heterocycles. The Labute approximate surface area is 114 Å². The van der Waals surface area contributed by atoms with Crippen LogP contribution in [0.3, 0.4) is 0 Å². The first-order chi connectivity index (χ1) is 9.38. The number of nitrogens with zero attached hydrogens (tertiary/aromatic N) is 1. The highest BCUT2D eigenvalue weighted by atomic mass is 16.4. The molecule has 0 radical (unpaired) electrons. The molecule has 0 aromatic carbocycles. The molecule has 0 fully saturated rings. The van der Waals surface area contributed by atoms with Crippen LogP contribution in [0.15, 0.2) is 15.8 Å². The van der Waals surface area contributed by atoms with Gasteiger partial charge in [-0.2, -0.15) is 0 Å². The molecular weight excluding hydrogens is 266 g/mol. The topological polar surface area (TPSA) is 121 Å². The highest BCUT2D eigenvalue weighted by Gasteiger charge is 2.22. The van der Waals surface area contributed by atoms with Crippen molar-refractivity contribution in [3.63, 3.8) is 0 Å². The lowest BCUT2D eigenvalue weighted by Gasteiger charge is -2.13. The molecule has 1 heterocycles. The number of hydrogen-bond donors (Lipinski definition) is 3. The van der Waals surface area contributed by atoms with Crippen LogP contribution < -0.4 is 16.6 Å². The maximum absolute atomic E-state index is 11.9. The smallest absolute Gasteiger partial charge is 0.328 e. The Morgan fingerprint density at radius 1 is 1.45 bits per heavy atom. The Hall–Kier alpha value is -2.38. The molecule has 20 heavy (non-hydrogen) atoms. The van der Waals surface area contributed by atoms with Gasteiger partial charge in [-0.15, -0.1) is 0 Å². The maximum Gasteiger partial charge on any atom is 0.328 e. The molecular formula is C12H17N3O5. The fraction of sp³-hybridized carbons (Fsp3) is 0.500. The Balaban J connectivity index is 2.95. The number of carbonyl (C=O) groups excluding carboxylic acids is 1. The van der Waals surface area contributed by atoms with Gasteiger partial charge < -0.3 is 15.4 Å². The largest absolute Gasteiger partial charge is 0.480 e. The van der Waals surface area contributed by atoms with Gasteiger partial charge in [0.2, 0.25) is 0 Å². The second kappa shape index (κ2) is 6.69. The van der Waals surface area contributed by atoms with Crippen LogP contribution in [0.25, 0.3) is 0 Å². The number of carboxylic acid groups (broad SMARTS) is 1. The van der Waals surface area contributed by atoms with E-state index in [2.05, 4.69) is 10.3 Å². The van der Waals surface area contributed by atoms with Gasteiger partial charge in [-0.3, -0.25) is 14.2 Å². The van der Waals surface area contributed by atoms with Crippen molar-refractivity contribution in [2.75, 3.05) is 0 Å². The lowest BCUT2D eigenvalue weighted by molar-refractivity contribution is -0.139. The number of rotatable bonds is 6. The van der Waals surface area contributed by atoms with Gasteiger partial charge in [0.15, 0.2) is 0 Å². The van der Waals surface area contributed by atoms with E-state index in [1.807, 2.05) is 6.92 Å². The van der Waals surface area contributed by atoms with Crippen LogP contribution in [0.1, 0.15) is 36.5 Å². The van der Waals surface area contributed by atoms with Gasteiger partial charge in [0.05, 0.1) is 0 Å². The van der Waals surface area contributed by atoms with Crippen LogP contribution in [-0.4, -0.2) is 32.6 Å². The van der Waals surface area contributed by atoms with Crippen molar-refractivity contribution in [2.45, 2.75) is 32.2 Å². The molecule has 3 N–H and O–H groups in total. The van der Waals surface area contributed by atoms with Crippen molar-refractivity contribution in [3.8, 4) is 0 Å². The molecule has 8 heteroatoms. The van der Waals surface area contributed by atoms with E-state index in [0.717, 1.165) is 17.2 Å². The van der Waals surface area contributed by atoms with Gasteiger partial charge in [-0.05, 0) is 6.42 Å². The van der Waals surface area contributed by atoms with Crippen molar-refractivity contribution in [1.82, 2.24) is 14.9 Å². The summed E-state index contributed by atoms with van der Waals surface area (Å²) in [5.41, 5.74) is -1.71. The summed E-state index contributed by atoms with van der Waals surface area (Å²) < 4.78 is 0.747. The predicted molar refractivity (Wildman–Crippen MR) is 70.7 cm³/mol. The molecule has 1 amide bonds. The molecule has 0 saturated carbocycles. The molecule has 0 bridgehead atoms. The van der Waals surface area contributed by atoms with Gasteiger partial charge in [0, 0.05) is 13.2 Å². The summed E-state index contributed by atoms with van der Waals surface area (Å²) in [4.78, 5) is 48.1. The maximum atomic E-state index is 11.9. The standard InChI is InChI=1S/C12H17N3O5/c1-3-4-5-8(11(18)19)14-9(16)7-6-13-12(20)15(2)10(7)17/h6,8H,3-5H2,1-2H3,(H,13,20)(H,14,16)(H,18,19)/t8-/m0/s1. The summed E-state index contributed by atoms with van der Waals surface area (Å²) in [6, 6.07) is -1.06. The second-order valence-electron chi connectivity index (χ2n) is 4.38. The minimum absolute atomic E-state index is 0.279. The number of aromatic nitrogens is 2. The summed E-state index contributed by atoms with van der Waals surface area (Å²) >= 11 is 0. The Morgan fingerprint density at radius 3 is 2.65 bits per heavy atom. The zero-order valence-corrected chi connectivity index (χ0v) is 11.3. The van der Waals surface area contributed by atoms with Crippen LogP contribution in [0.5, 0.6) is 0 Å². The van der Waals surface area contributed by atoms with Crippen molar-refractivity contribution >= 4 is 11.9 Å². The fourth-order valence-corrected chi connectivity index (χ4v) is 1.63. The van der Waals surface area contributed by atoms with E-state index in [0.29, 0.717) is 6.42 Å². The molecule has 0 aliphatic rings. The predicted octanol–water partition coefficient (Wildman–Crippen LogP) is -0.553. The zero-order chi connectivity index (χ0) is 15.3. The van der Waals surface area contributed by atoms with Crippen LogP contribution >= 0.6 is 0 Å². The number of carbonyl (C=O) groups is 2. The summed E-state index contributed by atoms with van der Waals surface area (Å²) in [5, 5.41) is 11.3. The van der Waals surface area contributed by atoms with E-state index in [1.54, 1.807) is 0 Å². The fourth-order valence-electron chi connectivity index (χ4n) is 1.63. The molecule has 0 spiro atoms. The Morgan fingerprint density at radius 2 is 2.10 bits per heavy atom. The van der Waals surface area contributed by atoms with Crippen LogP contribution in [0, 0.1) is 0 Å². The van der Waals surface area contributed by atoms with Crippen molar-refractivity contribution in [3.05, 3.63) is 32.6 Å². The van der Waals surface area contributed by atoms with Gasteiger partial charge in [-0.1, -0.05) is 19.8 Å². The molecule has 0 saturated heterocycles. The first-order valence-electron chi connectivity index (χ1n) is 6.20. The third-order valence-electron chi connectivity index (χ3n) is 2.87. The van der Waals surface area contributed by atoms with Gasteiger partial charge in [0.1, 0.15) is 11.6 Å². The number of nitrogens with one attached hydrogen (secondary N) is 2. The molecule has 0 unspecified atom stereocenters. The highest BCUT2D eigenvalue weighted by Crippen LogP contribution is 2.02. The molecule has 1 rings (SSSR count). The average Bonchev–Trinajstić information content (AvgIpc) is 2.40. The van der Waals surface area contributed by atoms with Gasteiger partial charge in [-0.25, -0.2) is 9.59 Å². The normalized spacial score (nSPS) is 11.9. The van der Waals surface area contributed by atoms with Crippen molar-refractivity contribution in [2.24, 2.45) is 7.05 Å². The second-order valence-corrected chi connectivity index (χ2v) is 4.38. The molecule has 0 aliphatic carbocycles. The average molecular weight is 283 g/mol. The highest BCUT2D eigenvalue weighted by molar-refractivity contribution is 5.95. The van der Waals surface area contributed by atoms with E-state index in [1.165, 1.54) is 7.05 Å². The third kappa shape index (κ3) is 3.56. The lowest BCUT2D eigenvalue weighted by Crippen LogP contribution is -2.44. The van der Waals surface area contributed by atoms with E-state index in [4.69, 9.17) is 5.11 Å².